The number of aryl methyl sites for hydroxylation is 1. The van der Waals surface area contributed by atoms with Crippen LogP contribution in [-0.2, 0) is 16.2 Å². The Morgan fingerprint density at radius 2 is 1.60 bits per heavy atom. The fourth-order valence-electron chi connectivity index (χ4n) is 7.86. The van der Waals surface area contributed by atoms with Crippen molar-refractivity contribution in [1.29, 1.82) is 0 Å². The number of imide groups is 1. The minimum Gasteiger partial charge on any atom is -0.489 e. The summed E-state index contributed by atoms with van der Waals surface area (Å²) in [5, 5.41) is 1.77. The van der Waals surface area contributed by atoms with E-state index in [0.29, 0.717) is 17.3 Å². The highest BCUT2D eigenvalue weighted by molar-refractivity contribution is 8.00. The summed E-state index contributed by atoms with van der Waals surface area (Å²) in [6, 6.07) is 23.4. The number of benzene rings is 3. The Morgan fingerprint density at radius 3 is 2.31 bits per heavy atom. The smallest absolute Gasteiger partial charge is 0.305 e. The van der Waals surface area contributed by atoms with Gasteiger partial charge in [0.1, 0.15) is 12.4 Å². The van der Waals surface area contributed by atoms with Gasteiger partial charge in [-0.3, -0.25) is 19.3 Å². The van der Waals surface area contributed by atoms with Crippen molar-refractivity contribution in [2.24, 2.45) is 29.6 Å². The van der Waals surface area contributed by atoms with Gasteiger partial charge in [0.25, 0.3) is 0 Å². The second-order valence-electron chi connectivity index (χ2n) is 11.8. The molecule has 42 heavy (non-hydrogen) atoms. The van der Waals surface area contributed by atoms with E-state index in [1.165, 1.54) is 16.2 Å². The predicted octanol–water partition coefficient (Wildman–Crippen LogP) is 6.66. The number of hydrogen-bond acceptors (Lipinski definition) is 6. The number of nitrogens with zero attached hydrogens (tertiary/aromatic N) is 1. The van der Waals surface area contributed by atoms with Crippen LogP contribution in [0, 0.1) is 36.5 Å². The maximum atomic E-state index is 13.9. The van der Waals surface area contributed by atoms with Gasteiger partial charge in [-0.2, -0.15) is 0 Å². The predicted molar refractivity (Wildman–Crippen MR) is 164 cm³/mol. The first-order valence-corrected chi connectivity index (χ1v) is 16.3. The van der Waals surface area contributed by atoms with Gasteiger partial charge in [-0.05, 0) is 78.6 Å². The number of nitrogens with one attached hydrogen (secondary N) is 1. The molecule has 2 saturated carbocycles. The molecule has 3 aromatic carbocycles. The Balaban J connectivity index is 1.11. The SMILES string of the molecule is Cc1ccc(N2C(=O)[C@H]3[C@H]4C[C@@H]([C@@H]3C2=O)[C@H]2[C@H](c3ccc(OCc5ccc(Cl)cc5)cc3)c3sc(=O)[nH]c3S[C@H]42)cc1. The number of halogens is 1. The van der Waals surface area contributed by atoms with Crippen molar-refractivity contribution in [1.82, 2.24) is 4.98 Å². The minimum absolute atomic E-state index is 0.0206. The first kappa shape index (κ1) is 26.3. The van der Waals surface area contributed by atoms with Crippen molar-refractivity contribution >= 4 is 52.2 Å². The lowest BCUT2D eigenvalue weighted by Gasteiger charge is -2.43. The molecule has 0 unspecified atom stereocenters. The average Bonchev–Trinajstić information content (AvgIpc) is 3.72. The zero-order valence-corrected chi connectivity index (χ0v) is 25.0. The van der Waals surface area contributed by atoms with Crippen molar-refractivity contribution in [2.45, 2.75) is 36.1 Å². The topological polar surface area (TPSA) is 79.5 Å². The molecule has 8 rings (SSSR count). The normalized spacial score (nSPS) is 29.0. The minimum atomic E-state index is -0.313. The summed E-state index contributed by atoms with van der Waals surface area (Å²) in [6.45, 7) is 2.43. The molecule has 1 saturated heterocycles. The molecule has 3 fully saturated rings. The summed E-state index contributed by atoms with van der Waals surface area (Å²) in [6.07, 6.45) is 0.870. The van der Waals surface area contributed by atoms with Gasteiger partial charge in [-0.1, -0.05) is 64.9 Å². The quantitative estimate of drug-likeness (QED) is 0.255. The number of aromatic nitrogens is 1. The van der Waals surface area contributed by atoms with Gasteiger partial charge >= 0.3 is 4.87 Å². The van der Waals surface area contributed by atoms with Gasteiger partial charge in [-0.15, -0.1) is 11.8 Å². The highest BCUT2D eigenvalue weighted by Gasteiger charge is 2.69. The number of thioether (sulfide) groups is 1. The molecule has 2 bridgehead atoms. The number of fused-ring (bicyclic) bond motifs is 9. The van der Waals surface area contributed by atoms with Crippen molar-refractivity contribution < 1.29 is 14.3 Å². The molecular weight excluding hydrogens is 588 g/mol. The van der Waals surface area contributed by atoms with Crippen molar-refractivity contribution in [2.75, 3.05) is 4.90 Å². The number of thiazole rings is 1. The molecule has 6 nitrogen and oxygen atoms in total. The van der Waals surface area contributed by atoms with Crippen LogP contribution in [0.3, 0.4) is 0 Å². The van der Waals surface area contributed by atoms with E-state index < -0.39 is 0 Å². The third-order valence-corrected chi connectivity index (χ3v) is 12.4. The molecule has 2 aliphatic heterocycles. The summed E-state index contributed by atoms with van der Waals surface area (Å²) < 4.78 is 6.04. The fourth-order valence-corrected chi connectivity index (χ4v) is 10.9. The molecule has 7 atom stereocenters. The number of carbonyl (C=O) groups excluding carboxylic acids is 2. The standard InChI is InChI=1S/C33H27ClN2O4S2/c1-16-2-10-20(11-3-16)36-31(37)26-22-14-23(27(26)32(36)38)28-25(22)24(29-30(41-28)35-33(39)42-29)18-6-12-21(13-7-18)40-15-17-4-8-19(34)9-5-17/h2-13,22-28H,14-15H2,1H3,(H,35,39)/t22-,23-,24+,25+,26+,27+,28-/m1/s1. The number of anilines is 1. The van der Waals surface area contributed by atoms with E-state index in [4.69, 9.17) is 16.3 Å². The van der Waals surface area contributed by atoms with Crippen LogP contribution in [0.4, 0.5) is 5.69 Å². The number of amides is 2. The van der Waals surface area contributed by atoms with Gasteiger partial charge < -0.3 is 9.72 Å². The zero-order valence-electron chi connectivity index (χ0n) is 22.7. The van der Waals surface area contributed by atoms with Gasteiger partial charge in [0.05, 0.1) is 22.5 Å². The Hall–Kier alpha value is -3.33. The lowest BCUT2D eigenvalue weighted by atomic mass is 9.68. The number of carbonyl (C=O) groups is 2. The van der Waals surface area contributed by atoms with Crippen LogP contribution in [0.1, 0.15) is 33.9 Å². The van der Waals surface area contributed by atoms with E-state index in [1.54, 1.807) is 11.8 Å². The number of H-pyrrole nitrogens is 1. The first-order chi connectivity index (χ1) is 20.4. The molecule has 1 aromatic heterocycles. The zero-order chi connectivity index (χ0) is 28.7. The van der Waals surface area contributed by atoms with E-state index in [2.05, 4.69) is 17.1 Å². The Labute approximate surface area is 256 Å². The number of ether oxygens (including phenoxy) is 1. The monoisotopic (exact) mass is 614 g/mol. The molecule has 9 heteroatoms. The van der Waals surface area contributed by atoms with E-state index in [1.807, 2.05) is 67.6 Å². The van der Waals surface area contributed by atoms with Crippen LogP contribution in [0.2, 0.25) is 5.02 Å². The summed E-state index contributed by atoms with van der Waals surface area (Å²) in [5.74, 6) is 0.343. The molecule has 2 aliphatic carbocycles. The van der Waals surface area contributed by atoms with E-state index >= 15 is 0 Å². The number of hydrogen-bond donors (Lipinski definition) is 1. The van der Waals surface area contributed by atoms with Gasteiger partial charge in [0.15, 0.2) is 0 Å². The number of rotatable bonds is 5. The molecule has 4 aliphatic rings. The third-order valence-electron chi connectivity index (χ3n) is 9.57. The lowest BCUT2D eigenvalue weighted by molar-refractivity contribution is -0.123. The highest BCUT2D eigenvalue weighted by Crippen LogP contribution is 2.68. The summed E-state index contributed by atoms with van der Waals surface area (Å²) in [4.78, 5) is 45.7. The van der Waals surface area contributed by atoms with E-state index in [-0.39, 0.29) is 57.4 Å². The van der Waals surface area contributed by atoms with E-state index in [9.17, 15) is 14.4 Å². The summed E-state index contributed by atoms with van der Waals surface area (Å²) >= 11 is 8.98. The maximum absolute atomic E-state index is 13.9. The van der Waals surface area contributed by atoms with Crippen molar-refractivity contribution in [3.63, 3.8) is 0 Å². The van der Waals surface area contributed by atoms with Crippen LogP contribution in [0.15, 0.2) is 82.6 Å². The Morgan fingerprint density at radius 1 is 0.905 bits per heavy atom. The van der Waals surface area contributed by atoms with Gasteiger partial charge in [0, 0.05) is 21.1 Å². The molecule has 4 aromatic rings. The summed E-state index contributed by atoms with van der Waals surface area (Å²) in [7, 11) is 0. The number of aromatic amines is 1. The second kappa shape index (κ2) is 9.86. The molecular formula is C33H27ClN2O4S2. The van der Waals surface area contributed by atoms with Gasteiger partial charge in [-0.25, -0.2) is 0 Å². The maximum Gasteiger partial charge on any atom is 0.305 e. The van der Waals surface area contributed by atoms with E-state index in [0.717, 1.165) is 38.8 Å². The van der Waals surface area contributed by atoms with Crippen LogP contribution in [0.25, 0.3) is 0 Å². The Kier molecular flexibility index (Phi) is 6.18. The molecule has 0 radical (unpaired) electrons. The largest absolute Gasteiger partial charge is 0.489 e. The first-order valence-electron chi connectivity index (χ1n) is 14.2. The fraction of sp³-hybridized carbons (Fsp3) is 0.303. The van der Waals surface area contributed by atoms with Crippen LogP contribution >= 0.6 is 34.7 Å². The summed E-state index contributed by atoms with van der Waals surface area (Å²) in [5.41, 5.74) is 3.89. The average molecular weight is 615 g/mol. The lowest BCUT2D eigenvalue weighted by Crippen LogP contribution is -2.42. The Bertz CT molecular complexity index is 1770. The molecule has 212 valence electrons. The highest BCUT2D eigenvalue weighted by atomic mass is 35.5. The molecule has 2 amide bonds. The van der Waals surface area contributed by atoms with Crippen LogP contribution < -0.4 is 14.5 Å². The molecule has 1 N–H and O–H groups in total. The second-order valence-corrected chi connectivity index (χ2v) is 14.4. The van der Waals surface area contributed by atoms with Crippen molar-refractivity contribution in [3.05, 3.63) is 109 Å². The van der Waals surface area contributed by atoms with Crippen LogP contribution in [0.5, 0.6) is 5.75 Å². The van der Waals surface area contributed by atoms with Gasteiger partial charge in [0.2, 0.25) is 11.8 Å². The van der Waals surface area contributed by atoms with Crippen molar-refractivity contribution in [3.8, 4) is 5.75 Å². The third kappa shape index (κ3) is 4.02. The molecule has 0 spiro atoms. The molecule has 3 heterocycles. The van der Waals surface area contributed by atoms with Crippen LogP contribution in [-0.4, -0.2) is 22.0 Å².